The minimum Gasteiger partial charge on any atom is -0.870 e. The van der Waals surface area contributed by atoms with Crippen molar-refractivity contribution in [3.05, 3.63) is 116 Å². The van der Waals surface area contributed by atoms with Crippen LogP contribution in [-0.2, 0) is 4.74 Å². The molecule has 0 fully saturated rings. The van der Waals surface area contributed by atoms with Crippen molar-refractivity contribution in [1.29, 1.82) is 0 Å². The maximum atomic E-state index is 11.5. The summed E-state index contributed by atoms with van der Waals surface area (Å²) in [4.78, 5) is 31.0. The molecular weight excluding hydrogens is 769 g/mol. The van der Waals surface area contributed by atoms with Crippen LogP contribution in [0.3, 0.4) is 0 Å². The summed E-state index contributed by atoms with van der Waals surface area (Å²) in [6.07, 6.45) is 0. The van der Waals surface area contributed by atoms with Crippen molar-refractivity contribution >= 4 is 80.3 Å². The van der Waals surface area contributed by atoms with Crippen LogP contribution in [0.2, 0.25) is 20.1 Å². The zero-order valence-electron chi connectivity index (χ0n) is 27.1. The van der Waals surface area contributed by atoms with Gasteiger partial charge in [-0.3, -0.25) is 0 Å². The molecule has 4 aromatic carbocycles. The van der Waals surface area contributed by atoms with Gasteiger partial charge in [-0.1, -0.05) is 81.0 Å². The number of fused-ring (bicyclic) bond motifs is 2. The standard InChI is InChI=1S/C18H10Cl2N2O4.C17H8Cl2N2O4.Li.H2O/c1-24-18(23)10-4-2-9(3-5-10)16-21-17(26-22-16)14-8-11-12(19)6-7-13(20)15(11)25-14;18-11-5-6-12(19)14-10(11)7-13(24-14)16-20-15(21-25-16)8-1-3-9(4-2-8)17(22)23;;/h2-8H,1H3;1-7H,(H,22,23);;1H2/q;;+1;/p-1. The Labute approximate surface area is 329 Å². The number of carbonyl (C=O) groups is 2. The first kappa shape index (κ1) is 39.1. The third kappa shape index (κ3) is 7.97. The summed E-state index contributed by atoms with van der Waals surface area (Å²) in [6, 6.07) is 22.8. The van der Waals surface area contributed by atoms with E-state index in [9.17, 15) is 9.59 Å². The topological polar surface area (TPSA) is 198 Å². The van der Waals surface area contributed by atoms with Gasteiger partial charge in [0.1, 0.15) is 0 Å². The van der Waals surface area contributed by atoms with Crippen molar-refractivity contribution < 1.29 is 61.6 Å². The first-order chi connectivity index (χ1) is 24.6. The van der Waals surface area contributed by atoms with E-state index in [1.807, 2.05) is 0 Å². The van der Waals surface area contributed by atoms with Crippen molar-refractivity contribution in [2.75, 3.05) is 7.11 Å². The zero-order valence-corrected chi connectivity index (χ0v) is 30.2. The number of nitrogens with zero attached hydrogens (tertiary/aromatic N) is 4. The summed E-state index contributed by atoms with van der Waals surface area (Å²) in [7, 11) is 1.33. The monoisotopic (exact) mass is 786 g/mol. The van der Waals surface area contributed by atoms with Gasteiger partial charge in [-0.15, -0.1) is 0 Å². The number of furan rings is 2. The van der Waals surface area contributed by atoms with Gasteiger partial charge in [0.2, 0.25) is 11.6 Å². The Kier molecular flexibility index (Phi) is 12.0. The maximum Gasteiger partial charge on any atom is 1.00 e. The minimum absolute atomic E-state index is 0. The Balaban J connectivity index is 0.000000197. The molecule has 8 aromatic rings. The Morgan fingerprint density at radius 2 is 1.02 bits per heavy atom. The molecule has 4 aromatic heterocycles. The van der Waals surface area contributed by atoms with E-state index in [0.29, 0.717) is 81.9 Å². The summed E-state index contributed by atoms with van der Waals surface area (Å²) in [5.74, 6) is 0.309. The van der Waals surface area contributed by atoms with Crippen molar-refractivity contribution in [1.82, 2.24) is 20.3 Å². The van der Waals surface area contributed by atoms with Crippen molar-refractivity contribution in [2.45, 2.75) is 0 Å². The van der Waals surface area contributed by atoms with Crippen LogP contribution >= 0.6 is 46.4 Å². The second-order valence-electron chi connectivity index (χ2n) is 10.6. The Bertz CT molecular complexity index is 2510. The fourth-order valence-electron chi connectivity index (χ4n) is 4.84. The number of aromatic nitrogens is 4. The molecule has 0 unspecified atom stereocenters. The molecule has 53 heavy (non-hydrogen) atoms. The number of hydrogen-bond donors (Lipinski definition) is 1. The van der Waals surface area contributed by atoms with E-state index in [4.69, 9.17) is 69.4 Å². The number of esters is 1. The molecule has 4 heterocycles. The molecule has 262 valence electrons. The second-order valence-corrected chi connectivity index (χ2v) is 12.2. The number of carboxylic acids is 1. The van der Waals surface area contributed by atoms with Gasteiger partial charge in [0.15, 0.2) is 22.7 Å². The molecule has 0 aliphatic heterocycles. The van der Waals surface area contributed by atoms with E-state index in [2.05, 4.69) is 25.0 Å². The fourth-order valence-corrected chi connectivity index (χ4v) is 5.66. The molecule has 0 aliphatic rings. The number of aromatic carboxylic acids is 1. The number of carboxylic acid groups (broad SMARTS) is 1. The van der Waals surface area contributed by atoms with Crippen molar-refractivity contribution in [2.24, 2.45) is 0 Å². The zero-order chi connectivity index (χ0) is 35.8. The largest absolute Gasteiger partial charge is 1.00 e. The third-order valence-electron chi connectivity index (χ3n) is 7.39. The smallest absolute Gasteiger partial charge is 0.870 e. The molecule has 2 N–H and O–H groups in total. The van der Waals surface area contributed by atoms with Gasteiger partial charge >= 0.3 is 30.8 Å². The van der Waals surface area contributed by atoms with Crippen LogP contribution in [-0.4, -0.2) is 49.9 Å². The predicted molar refractivity (Wildman–Crippen MR) is 190 cm³/mol. The summed E-state index contributed by atoms with van der Waals surface area (Å²) >= 11 is 24.5. The Hall–Kier alpha value is -5.10. The summed E-state index contributed by atoms with van der Waals surface area (Å²) < 4.78 is 26.6. The maximum absolute atomic E-state index is 11.5. The van der Waals surface area contributed by atoms with Gasteiger partial charge in [0, 0.05) is 21.9 Å². The van der Waals surface area contributed by atoms with Crippen LogP contribution in [0.1, 0.15) is 20.7 Å². The summed E-state index contributed by atoms with van der Waals surface area (Å²) in [5.41, 5.74) is 2.80. The van der Waals surface area contributed by atoms with E-state index < -0.39 is 11.9 Å². The number of benzene rings is 4. The van der Waals surface area contributed by atoms with Crippen LogP contribution in [0, 0.1) is 0 Å². The molecule has 0 bridgehead atoms. The molecule has 0 spiro atoms. The Morgan fingerprint density at radius 1 is 0.623 bits per heavy atom. The van der Waals surface area contributed by atoms with Crippen LogP contribution in [0.15, 0.2) is 103 Å². The van der Waals surface area contributed by atoms with Gasteiger partial charge in [-0.05, 0) is 60.7 Å². The third-order valence-corrected chi connectivity index (χ3v) is 8.65. The quantitative estimate of drug-likeness (QED) is 0.131. The average Bonchev–Trinajstić information content (AvgIpc) is 3.97. The first-order valence-electron chi connectivity index (χ1n) is 14.6. The van der Waals surface area contributed by atoms with Crippen molar-refractivity contribution in [3.63, 3.8) is 0 Å². The Morgan fingerprint density at radius 3 is 1.40 bits per heavy atom. The van der Waals surface area contributed by atoms with Crippen LogP contribution in [0.25, 0.3) is 68.0 Å². The van der Waals surface area contributed by atoms with Gasteiger partial charge in [-0.2, -0.15) is 9.97 Å². The molecule has 13 nitrogen and oxygen atoms in total. The summed E-state index contributed by atoms with van der Waals surface area (Å²) in [5, 5.41) is 20.0. The fraction of sp³-hybridized carbons (Fsp3) is 0.0286. The van der Waals surface area contributed by atoms with Crippen molar-refractivity contribution in [3.8, 4) is 46.1 Å². The molecule has 0 saturated heterocycles. The van der Waals surface area contributed by atoms with Gasteiger partial charge in [0.25, 0.3) is 11.8 Å². The number of hydrogen-bond acceptors (Lipinski definition) is 12. The molecule has 18 heteroatoms. The summed E-state index contributed by atoms with van der Waals surface area (Å²) in [6.45, 7) is 0. The first-order valence-corrected chi connectivity index (χ1v) is 16.1. The van der Waals surface area contributed by atoms with E-state index >= 15 is 0 Å². The van der Waals surface area contributed by atoms with E-state index in [1.165, 1.54) is 19.2 Å². The number of ether oxygens (including phenoxy) is 1. The van der Waals surface area contributed by atoms with E-state index in [1.54, 1.807) is 72.8 Å². The molecule has 8 rings (SSSR count). The predicted octanol–water partition coefficient (Wildman–Crippen LogP) is 7.23. The number of methoxy groups -OCH3 is 1. The molecular formula is C35H19Cl4LiN4O9. The normalized spacial score (nSPS) is 10.7. The molecule has 0 saturated carbocycles. The van der Waals surface area contributed by atoms with Crippen LogP contribution in [0.5, 0.6) is 0 Å². The second kappa shape index (κ2) is 16.3. The van der Waals surface area contributed by atoms with E-state index in [-0.39, 0.29) is 41.7 Å². The number of carbonyl (C=O) groups excluding carboxylic acids is 1. The molecule has 0 radical (unpaired) electrons. The van der Waals surface area contributed by atoms with Gasteiger partial charge < -0.3 is 33.2 Å². The average molecular weight is 788 g/mol. The van der Waals surface area contributed by atoms with E-state index in [0.717, 1.165) is 0 Å². The minimum atomic E-state index is -1.00. The molecule has 0 aliphatic carbocycles. The molecule has 0 amide bonds. The molecule has 0 atom stereocenters. The van der Waals surface area contributed by atoms with Crippen LogP contribution in [0.4, 0.5) is 0 Å². The number of rotatable bonds is 6. The van der Waals surface area contributed by atoms with Crippen LogP contribution < -0.4 is 18.9 Å². The van der Waals surface area contributed by atoms with Gasteiger partial charge in [0.05, 0.1) is 38.3 Å². The number of halogens is 4. The van der Waals surface area contributed by atoms with Gasteiger partial charge in [-0.25, -0.2) is 9.59 Å². The SMILES string of the molecule is COC(=O)c1ccc(-c2noc(-c3cc4c(Cl)ccc(Cl)c4o3)n2)cc1.O=C(O)c1ccc(-c2noc(-c3cc4c(Cl)ccc(Cl)c4o3)n2)cc1.[Li+].[OH-].